The first-order valence-electron chi connectivity index (χ1n) is 6.15. The van der Waals surface area contributed by atoms with Crippen molar-refractivity contribution in [3.63, 3.8) is 0 Å². The zero-order chi connectivity index (χ0) is 14.7. The van der Waals surface area contributed by atoms with Crippen molar-refractivity contribution in [3.8, 4) is 5.75 Å². The third-order valence-electron chi connectivity index (χ3n) is 2.91. The van der Waals surface area contributed by atoms with E-state index in [2.05, 4.69) is 5.32 Å². The molecule has 5 nitrogen and oxygen atoms in total. The van der Waals surface area contributed by atoms with Gasteiger partial charge in [-0.2, -0.15) is 0 Å². The number of rotatable bonds is 4. The van der Waals surface area contributed by atoms with Crippen molar-refractivity contribution in [2.45, 2.75) is 13.5 Å². The van der Waals surface area contributed by atoms with Gasteiger partial charge in [0.1, 0.15) is 11.4 Å². The van der Waals surface area contributed by atoms with E-state index >= 15 is 0 Å². The van der Waals surface area contributed by atoms with Crippen molar-refractivity contribution >= 4 is 28.9 Å². The number of nitrogens with two attached hydrogens (primary N) is 1. The number of hydrogen-bond donors (Lipinski definition) is 2. The average Bonchev–Trinajstić information content (AvgIpc) is 2.82. The molecule has 1 aromatic heterocycles. The first-order valence-corrected chi connectivity index (χ1v) is 6.53. The van der Waals surface area contributed by atoms with Crippen LogP contribution in [-0.2, 0) is 6.54 Å². The number of carbonyl (C=O) groups is 1. The second kappa shape index (κ2) is 5.88. The van der Waals surface area contributed by atoms with Gasteiger partial charge in [-0.15, -0.1) is 0 Å². The first-order chi connectivity index (χ1) is 9.55. The van der Waals surface area contributed by atoms with Crippen LogP contribution in [0.2, 0.25) is 5.02 Å². The van der Waals surface area contributed by atoms with Crippen LogP contribution in [0.3, 0.4) is 0 Å². The topological polar surface area (TPSA) is 69.3 Å². The second-order valence-corrected chi connectivity index (χ2v) is 4.65. The lowest BCUT2D eigenvalue weighted by Gasteiger charge is -2.10. The zero-order valence-corrected chi connectivity index (χ0v) is 12.1. The first kappa shape index (κ1) is 14.3. The molecule has 6 heteroatoms. The van der Waals surface area contributed by atoms with E-state index in [4.69, 9.17) is 22.1 Å². The van der Waals surface area contributed by atoms with E-state index < -0.39 is 0 Å². The maximum atomic E-state index is 12.3. The molecule has 20 heavy (non-hydrogen) atoms. The van der Waals surface area contributed by atoms with E-state index in [1.165, 1.54) is 0 Å². The minimum Gasteiger partial charge on any atom is -0.497 e. The maximum absolute atomic E-state index is 12.3. The average molecular weight is 294 g/mol. The standard InChI is InChI=1S/C14H16ClN3O2/c1-3-18-8-9(16)6-13(18)14(19)17-12-7-10(20-2)4-5-11(12)15/h4-8H,3,16H2,1-2H3,(H,17,19). The van der Waals surface area contributed by atoms with Crippen LogP contribution < -0.4 is 15.8 Å². The number of ether oxygens (including phenoxy) is 1. The number of nitrogen functional groups attached to an aromatic ring is 1. The van der Waals surface area contributed by atoms with E-state index in [1.54, 1.807) is 42.1 Å². The smallest absolute Gasteiger partial charge is 0.272 e. The molecule has 2 rings (SSSR count). The lowest BCUT2D eigenvalue weighted by molar-refractivity contribution is 0.101. The highest BCUT2D eigenvalue weighted by Gasteiger charge is 2.14. The number of nitrogens with one attached hydrogen (secondary N) is 1. The van der Waals surface area contributed by atoms with Gasteiger partial charge >= 0.3 is 0 Å². The van der Waals surface area contributed by atoms with Crippen LogP contribution in [0.5, 0.6) is 5.75 Å². The largest absolute Gasteiger partial charge is 0.497 e. The molecule has 1 amide bonds. The molecule has 0 aliphatic carbocycles. The second-order valence-electron chi connectivity index (χ2n) is 4.24. The molecule has 0 atom stereocenters. The lowest BCUT2D eigenvalue weighted by atomic mass is 10.3. The van der Waals surface area contributed by atoms with Gasteiger partial charge in [-0.1, -0.05) is 11.6 Å². The third kappa shape index (κ3) is 2.88. The molecule has 0 saturated heterocycles. The third-order valence-corrected chi connectivity index (χ3v) is 3.24. The van der Waals surface area contributed by atoms with Gasteiger partial charge in [0.15, 0.2) is 0 Å². The van der Waals surface area contributed by atoms with Gasteiger partial charge in [-0.05, 0) is 25.1 Å². The molecule has 0 radical (unpaired) electrons. The summed E-state index contributed by atoms with van der Waals surface area (Å²) in [6, 6.07) is 6.70. The fraction of sp³-hybridized carbons (Fsp3) is 0.214. The van der Waals surface area contributed by atoms with Crippen molar-refractivity contribution in [3.05, 3.63) is 41.2 Å². The van der Waals surface area contributed by atoms with Gasteiger partial charge in [0.2, 0.25) is 0 Å². The molecule has 0 fully saturated rings. The summed E-state index contributed by atoms with van der Waals surface area (Å²) in [5.74, 6) is 0.355. The Hall–Kier alpha value is -2.14. The highest BCUT2D eigenvalue weighted by Crippen LogP contribution is 2.27. The van der Waals surface area contributed by atoms with Crippen molar-refractivity contribution in [1.82, 2.24) is 4.57 Å². The van der Waals surface area contributed by atoms with Gasteiger partial charge in [0, 0.05) is 18.8 Å². The van der Waals surface area contributed by atoms with Crippen molar-refractivity contribution in [1.29, 1.82) is 0 Å². The van der Waals surface area contributed by atoms with E-state index in [1.807, 2.05) is 6.92 Å². The number of methoxy groups -OCH3 is 1. The molecule has 1 heterocycles. The maximum Gasteiger partial charge on any atom is 0.272 e. The molecule has 1 aromatic carbocycles. The molecule has 106 valence electrons. The normalized spacial score (nSPS) is 10.3. The molecule has 0 bridgehead atoms. The molecule has 3 N–H and O–H groups in total. The zero-order valence-electron chi connectivity index (χ0n) is 11.3. The lowest BCUT2D eigenvalue weighted by Crippen LogP contribution is -2.16. The van der Waals surface area contributed by atoms with Crippen LogP contribution >= 0.6 is 11.6 Å². The molecule has 0 unspecified atom stereocenters. The summed E-state index contributed by atoms with van der Waals surface area (Å²) < 4.78 is 6.89. The Morgan fingerprint density at radius 3 is 2.85 bits per heavy atom. The summed E-state index contributed by atoms with van der Waals surface area (Å²) >= 11 is 6.06. The Kier molecular flexibility index (Phi) is 4.20. The Morgan fingerprint density at radius 2 is 2.20 bits per heavy atom. The van der Waals surface area contributed by atoms with Gasteiger partial charge in [0.25, 0.3) is 5.91 Å². The summed E-state index contributed by atoms with van der Waals surface area (Å²) in [7, 11) is 1.55. The van der Waals surface area contributed by atoms with E-state index in [-0.39, 0.29) is 5.91 Å². The van der Waals surface area contributed by atoms with Crippen molar-refractivity contribution in [2.75, 3.05) is 18.2 Å². The van der Waals surface area contributed by atoms with Crippen molar-refractivity contribution in [2.24, 2.45) is 0 Å². The van der Waals surface area contributed by atoms with Crippen LogP contribution in [0, 0.1) is 0 Å². The Labute approximate surface area is 122 Å². The number of carbonyl (C=O) groups excluding carboxylic acids is 1. The van der Waals surface area contributed by atoms with Crippen LogP contribution in [0.4, 0.5) is 11.4 Å². The quantitative estimate of drug-likeness (QED) is 0.910. The Balaban J connectivity index is 2.27. The fourth-order valence-corrected chi connectivity index (χ4v) is 2.06. The number of nitrogens with zero attached hydrogens (tertiary/aromatic N) is 1. The van der Waals surface area contributed by atoms with Crippen LogP contribution in [0.1, 0.15) is 17.4 Å². The summed E-state index contributed by atoms with van der Waals surface area (Å²) in [5, 5.41) is 3.21. The summed E-state index contributed by atoms with van der Waals surface area (Å²) in [6.45, 7) is 2.60. The molecule has 0 aliphatic heterocycles. The fourth-order valence-electron chi connectivity index (χ4n) is 1.90. The predicted molar refractivity (Wildman–Crippen MR) is 80.5 cm³/mol. The summed E-state index contributed by atoms with van der Waals surface area (Å²) in [6.07, 6.45) is 1.72. The molecular formula is C14H16ClN3O2. The molecule has 0 saturated carbocycles. The van der Waals surface area contributed by atoms with Gasteiger partial charge < -0.3 is 20.4 Å². The van der Waals surface area contributed by atoms with Crippen LogP contribution in [-0.4, -0.2) is 17.6 Å². The van der Waals surface area contributed by atoms with Gasteiger partial charge in [-0.3, -0.25) is 4.79 Å². The van der Waals surface area contributed by atoms with E-state index in [0.717, 1.165) is 0 Å². The number of halogens is 1. The number of anilines is 2. The summed E-state index contributed by atoms with van der Waals surface area (Å²) in [5.41, 5.74) is 7.25. The number of hydrogen-bond acceptors (Lipinski definition) is 3. The van der Waals surface area contributed by atoms with Crippen LogP contribution in [0.25, 0.3) is 0 Å². The summed E-state index contributed by atoms with van der Waals surface area (Å²) in [4.78, 5) is 12.3. The Bertz CT molecular complexity index is 637. The number of aromatic nitrogens is 1. The van der Waals surface area contributed by atoms with E-state index in [0.29, 0.717) is 34.4 Å². The van der Waals surface area contributed by atoms with Crippen LogP contribution in [0.15, 0.2) is 30.5 Å². The SMILES string of the molecule is CCn1cc(N)cc1C(=O)Nc1cc(OC)ccc1Cl. The minimum absolute atomic E-state index is 0.265. The van der Waals surface area contributed by atoms with Crippen molar-refractivity contribution < 1.29 is 9.53 Å². The number of aryl methyl sites for hydroxylation is 1. The monoisotopic (exact) mass is 293 g/mol. The van der Waals surface area contributed by atoms with Gasteiger partial charge in [0.05, 0.1) is 23.5 Å². The highest BCUT2D eigenvalue weighted by molar-refractivity contribution is 6.34. The van der Waals surface area contributed by atoms with Gasteiger partial charge in [-0.25, -0.2) is 0 Å². The number of benzene rings is 1. The molecule has 0 aliphatic rings. The highest BCUT2D eigenvalue weighted by atomic mass is 35.5. The molecule has 2 aromatic rings. The molecular weight excluding hydrogens is 278 g/mol. The predicted octanol–water partition coefficient (Wildman–Crippen LogP) is 3.00. The minimum atomic E-state index is -0.265. The van der Waals surface area contributed by atoms with E-state index in [9.17, 15) is 4.79 Å². The molecule has 0 spiro atoms. The number of amides is 1. The Morgan fingerprint density at radius 1 is 1.45 bits per heavy atom.